The molecule has 0 aromatic carbocycles. The molecule has 0 aliphatic carbocycles. The fourth-order valence-corrected chi connectivity index (χ4v) is 3.64. The minimum atomic E-state index is -1.53. The van der Waals surface area contributed by atoms with Crippen LogP contribution in [-0.2, 0) is 61.9 Å². The first-order valence-electron chi connectivity index (χ1n) is 12.0. The van der Waals surface area contributed by atoms with Gasteiger partial charge in [-0.3, -0.25) is 28.8 Å². The van der Waals surface area contributed by atoms with E-state index in [0.29, 0.717) is 25.7 Å². The Morgan fingerprint density at radius 2 is 1.08 bits per heavy atom. The lowest BCUT2D eigenvalue weighted by Gasteiger charge is -2.43. The van der Waals surface area contributed by atoms with E-state index in [-0.39, 0.29) is 12.4 Å². The summed E-state index contributed by atoms with van der Waals surface area (Å²) in [6, 6.07) is 0. The van der Waals surface area contributed by atoms with Gasteiger partial charge in [-0.2, -0.15) is 0 Å². The first-order valence-corrected chi connectivity index (χ1v) is 12.0. The number of methoxy groups -OCH3 is 1. The van der Waals surface area contributed by atoms with Crippen molar-refractivity contribution in [1.29, 1.82) is 0 Å². The Labute approximate surface area is 215 Å². The highest BCUT2D eigenvalue weighted by Crippen LogP contribution is 2.30. The van der Waals surface area contributed by atoms with E-state index in [1.807, 2.05) is 0 Å². The number of unbranched alkanes of at least 4 members (excludes halogenated alkanes) is 4. The average Bonchev–Trinajstić information content (AvgIpc) is 2.79. The number of ether oxygens (including phenoxy) is 7. The molecule has 0 bridgehead atoms. The minimum Gasteiger partial charge on any atom is -0.469 e. The number of rotatable bonds is 14. The van der Waals surface area contributed by atoms with Crippen molar-refractivity contribution in [2.75, 3.05) is 13.7 Å². The van der Waals surface area contributed by atoms with Gasteiger partial charge in [0.25, 0.3) is 0 Å². The summed E-state index contributed by atoms with van der Waals surface area (Å²) in [5.41, 5.74) is 0. The summed E-state index contributed by atoms with van der Waals surface area (Å²) in [6.45, 7) is 4.03. The third-order valence-electron chi connectivity index (χ3n) is 5.19. The predicted octanol–water partition coefficient (Wildman–Crippen LogP) is 1.52. The van der Waals surface area contributed by atoms with E-state index >= 15 is 0 Å². The Balaban J connectivity index is 2.91. The van der Waals surface area contributed by atoms with Crippen LogP contribution >= 0.6 is 0 Å². The fourth-order valence-electron chi connectivity index (χ4n) is 3.64. The van der Waals surface area contributed by atoms with Gasteiger partial charge < -0.3 is 33.2 Å². The van der Waals surface area contributed by atoms with Crippen LogP contribution in [0.1, 0.15) is 72.6 Å². The van der Waals surface area contributed by atoms with Crippen molar-refractivity contribution in [3.63, 3.8) is 0 Å². The van der Waals surface area contributed by atoms with Crippen molar-refractivity contribution in [1.82, 2.24) is 0 Å². The maximum absolute atomic E-state index is 12.5. The molecule has 0 radical (unpaired) electrons. The molecule has 0 saturated carbocycles. The van der Waals surface area contributed by atoms with E-state index in [2.05, 4.69) is 4.74 Å². The predicted molar refractivity (Wildman–Crippen MR) is 122 cm³/mol. The zero-order chi connectivity index (χ0) is 28.0. The summed E-state index contributed by atoms with van der Waals surface area (Å²) < 4.78 is 36.5. The molecule has 1 fully saturated rings. The molecule has 5 atom stereocenters. The van der Waals surface area contributed by atoms with Crippen molar-refractivity contribution in [3.8, 4) is 0 Å². The number of esters is 6. The Kier molecular flexibility index (Phi) is 14.2. The molecule has 1 aliphatic rings. The van der Waals surface area contributed by atoms with Crippen LogP contribution in [0.25, 0.3) is 0 Å². The third kappa shape index (κ3) is 12.5. The average molecular weight is 533 g/mol. The lowest BCUT2D eigenvalue weighted by atomic mass is 9.98. The lowest BCUT2D eigenvalue weighted by Crippen LogP contribution is -2.63. The Bertz CT molecular complexity index is 808. The monoisotopic (exact) mass is 532 g/mol. The maximum atomic E-state index is 12.5. The molecular formula is C24H36O13. The van der Waals surface area contributed by atoms with Gasteiger partial charge in [0.2, 0.25) is 12.4 Å². The summed E-state index contributed by atoms with van der Waals surface area (Å²) >= 11 is 0. The topological polar surface area (TPSA) is 167 Å². The highest BCUT2D eigenvalue weighted by molar-refractivity contribution is 5.70. The Hall–Kier alpha value is -3.22. The lowest BCUT2D eigenvalue weighted by molar-refractivity contribution is -0.300. The second-order valence-corrected chi connectivity index (χ2v) is 8.40. The standard InChI is InChI=1S/C24H36O13/c1-14(25)32-13-18-21(33-15(2)26)22(34-16(3)27)23(35-17(4)28)24(36-18)37-20(30)12-10-8-6-7-9-11-19(29)31-5/h18,21-24H,6-13H2,1-5H3/t18-,21+,22+,23-,24+/m1/s1. The fraction of sp³-hybridized carbons (Fsp3) is 0.750. The van der Waals surface area contributed by atoms with E-state index in [0.717, 1.165) is 40.5 Å². The normalized spacial score (nSPS) is 22.8. The van der Waals surface area contributed by atoms with Crippen LogP contribution in [0.2, 0.25) is 0 Å². The van der Waals surface area contributed by atoms with Gasteiger partial charge in [0, 0.05) is 40.5 Å². The number of hydrogen-bond acceptors (Lipinski definition) is 13. The first kappa shape index (κ1) is 31.8. The van der Waals surface area contributed by atoms with Crippen molar-refractivity contribution >= 4 is 35.8 Å². The molecule has 0 amide bonds. The molecule has 1 saturated heterocycles. The SMILES string of the molecule is COC(=O)CCCCCCCC(=O)O[C@@H]1O[C@H](COC(C)=O)[C@H](OC(C)=O)[C@H](OC(C)=O)[C@H]1OC(C)=O. The van der Waals surface area contributed by atoms with Crippen molar-refractivity contribution in [3.05, 3.63) is 0 Å². The smallest absolute Gasteiger partial charge is 0.308 e. The van der Waals surface area contributed by atoms with Gasteiger partial charge in [-0.25, -0.2) is 0 Å². The molecule has 0 spiro atoms. The molecule has 210 valence electrons. The molecule has 0 unspecified atom stereocenters. The second kappa shape index (κ2) is 16.5. The molecule has 1 heterocycles. The van der Waals surface area contributed by atoms with Crippen LogP contribution in [0.15, 0.2) is 0 Å². The maximum Gasteiger partial charge on any atom is 0.308 e. The van der Waals surface area contributed by atoms with E-state index in [9.17, 15) is 28.8 Å². The van der Waals surface area contributed by atoms with Gasteiger partial charge in [0.05, 0.1) is 7.11 Å². The number of hydrogen-bond donors (Lipinski definition) is 0. The molecule has 0 N–H and O–H groups in total. The van der Waals surface area contributed by atoms with Crippen LogP contribution in [0.5, 0.6) is 0 Å². The Morgan fingerprint density at radius 1 is 0.595 bits per heavy atom. The molecule has 13 nitrogen and oxygen atoms in total. The second-order valence-electron chi connectivity index (χ2n) is 8.40. The van der Waals surface area contributed by atoms with Crippen molar-refractivity contribution in [2.45, 2.75) is 103 Å². The summed E-state index contributed by atoms with van der Waals surface area (Å²) in [6.07, 6.45) is -3.11. The summed E-state index contributed by atoms with van der Waals surface area (Å²) in [4.78, 5) is 70.4. The Morgan fingerprint density at radius 3 is 1.59 bits per heavy atom. The summed E-state index contributed by atoms with van der Waals surface area (Å²) in [5, 5.41) is 0. The summed E-state index contributed by atoms with van der Waals surface area (Å²) in [5.74, 6) is -3.94. The molecule has 0 aromatic heterocycles. The van der Waals surface area contributed by atoms with Crippen molar-refractivity contribution < 1.29 is 61.9 Å². The van der Waals surface area contributed by atoms with Crippen LogP contribution in [0.4, 0.5) is 0 Å². The van der Waals surface area contributed by atoms with E-state index in [1.54, 1.807) is 0 Å². The van der Waals surface area contributed by atoms with Crippen molar-refractivity contribution in [2.24, 2.45) is 0 Å². The summed E-state index contributed by atoms with van der Waals surface area (Å²) in [7, 11) is 1.33. The van der Waals surface area contributed by atoms with E-state index in [4.69, 9.17) is 28.4 Å². The quantitative estimate of drug-likeness (QED) is 0.180. The molecule has 13 heteroatoms. The van der Waals surface area contributed by atoms with Gasteiger partial charge in [-0.15, -0.1) is 0 Å². The number of carbonyl (C=O) groups excluding carboxylic acids is 6. The van der Waals surface area contributed by atoms with E-state index < -0.39 is 67.2 Å². The molecule has 37 heavy (non-hydrogen) atoms. The van der Waals surface area contributed by atoms with Gasteiger partial charge in [0.15, 0.2) is 12.2 Å². The third-order valence-corrected chi connectivity index (χ3v) is 5.19. The van der Waals surface area contributed by atoms with Crippen LogP contribution in [0.3, 0.4) is 0 Å². The zero-order valence-corrected chi connectivity index (χ0v) is 21.9. The van der Waals surface area contributed by atoms with E-state index in [1.165, 1.54) is 7.11 Å². The number of carbonyl (C=O) groups is 6. The minimum absolute atomic E-state index is 0.0177. The van der Waals surface area contributed by atoms with Crippen LogP contribution < -0.4 is 0 Å². The van der Waals surface area contributed by atoms with Gasteiger partial charge in [-0.1, -0.05) is 19.3 Å². The largest absolute Gasteiger partial charge is 0.469 e. The highest BCUT2D eigenvalue weighted by Gasteiger charge is 2.53. The first-order chi connectivity index (χ1) is 17.4. The molecule has 1 aliphatic heterocycles. The zero-order valence-electron chi connectivity index (χ0n) is 21.9. The molecular weight excluding hydrogens is 496 g/mol. The molecule has 1 rings (SSSR count). The van der Waals surface area contributed by atoms with Crippen LogP contribution in [-0.4, -0.2) is 80.2 Å². The van der Waals surface area contributed by atoms with Gasteiger partial charge in [0.1, 0.15) is 12.7 Å². The van der Waals surface area contributed by atoms with Crippen LogP contribution in [0, 0.1) is 0 Å². The van der Waals surface area contributed by atoms with Gasteiger partial charge in [-0.05, 0) is 12.8 Å². The highest BCUT2D eigenvalue weighted by atomic mass is 16.7. The molecule has 0 aromatic rings. The van der Waals surface area contributed by atoms with Gasteiger partial charge >= 0.3 is 35.8 Å².